The molecule has 1 aromatic carbocycles. The van der Waals surface area contributed by atoms with E-state index in [0.717, 1.165) is 30.2 Å². The smallest absolute Gasteiger partial charge is 0.337 e. The standard InChI is InChI=1S/C18H21FN4O3/c1-10(2)16-22-21-15-5-4-14(9-23(15)16)20-17(24)11-6-12(18(25)26-3)8-13(19)7-11/h6-8,10,14H,4-5,9H2,1-3H3,(H,20,24). The van der Waals surface area contributed by atoms with Gasteiger partial charge in [-0.25, -0.2) is 9.18 Å². The number of rotatable bonds is 4. The highest BCUT2D eigenvalue weighted by molar-refractivity contribution is 5.98. The van der Waals surface area contributed by atoms with E-state index in [4.69, 9.17) is 0 Å². The van der Waals surface area contributed by atoms with Crippen molar-refractivity contribution in [3.05, 3.63) is 46.8 Å². The van der Waals surface area contributed by atoms with Gasteiger partial charge in [0.15, 0.2) is 0 Å². The third-order valence-electron chi connectivity index (χ3n) is 4.41. The van der Waals surface area contributed by atoms with Gasteiger partial charge < -0.3 is 14.6 Å². The minimum Gasteiger partial charge on any atom is -0.465 e. The first-order valence-electron chi connectivity index (χ1n) is 8.50. The summed E-state index contributed by atoms with van der Waals surface area (Å²) in [7, 11) is 1.21. The minimum atomic E-state index is -0.688. The van der Waals surface area contributed by atoms with Crippen LogP contribution in [0.25, 0.3) is 0 Å². The molecule has 8 heteroatoms. The Morgan fingerprint density at radius 3 is 2.69 bits per heavy atom. The van der Waals surface area contributed by atoms with Gasteiger partial charge in [0.1, 0.15) is 17.5 Å². The number of carbonyl (C=O) groups excluding carboxylic acids is 2. The zero-order valence-electron chi connectivity index (χ0n) is 15.0. The number of fused-ring (bicyclic) bond motifs is 1. The first kappa shape index (κ1) is 18.0. The van der Waals surface area contributed by atoms with Crippen LogP contribution in [-0.2, 0) is 17.7 Å². The molecular formula is C18H21FN4O3. The number of ether oxygens (including phenoxy) is 1. The lowest BCUT2D eigenvalue weighted by Crippen LogP contribution is -2.41. The molecule has 1 N–H and O–H groups in total. The summed E-state index contributed by atoms with van der Waals surface area (Å²) in [5, 5.41) is 11.3. The van der Waals surface area contributed by atoms with Crippen LogP contribution in [-0.4, -0.2) is 39.8 Å². The minimum absolute atomic E-state index is 0.00415. The number of carbonyl (C=O) groups is 2. The van der Waals surface area contributed by atoms with Crippen LogP contribution < -0.4 is 5.32 Å². The van der Waals surface area contributed by atoms with Gasteiger partial charge in [0, 0.05) is 30.5 Å². The van der Waals surface area contributed by atoms with Gasteiger partial charge in [0.25, 0.3) is 5.91 Å². The molecule has 0 saturated carbocycles. The zero-order chi connectivity index (χ0) is 18.8. The number of benzene rings is 1. The number of nitrogens with one attached hydrogen (secondary N) is 1. The van der Waals surface area contributed by atoms with Crippen LogP contribution in [0.1, 0.15) is 58.6 Å². The highest BCUT2D eigenvalue weighted by Gasteiger charge is 2.25. The van der Waals surface area contributed by atoms with E-state index in [2.05, 4.69) is 20.3 Å². The van der Waals surface area contributed by atoms with Crippen molar-refractivity contribution >= 4 is 11.9 Å². The summed E-state index contributed by atoms with van der Waals surface area (Å²) in [6.45, 7) is 4.65. The lowest BCUT2D eigenvalue weighted by atomic mass is 10.0. The molecule has 0 fully saturated rings. The molecule has 1 unspecified atom stereocenters. The molecule has 0 radical (unpaired) electrons. The number of nitrogens with zero attached hydrogens (tertiary/aromatic N) is 3. The van der Waals surface area contributed by atoms with Gasteiger partial charge in [-0.2, -0.15) is 0 Å². The van der Waals surface area contributed by atoms with E-state index in [-0.39, 0.29) is 23.1 Å². The van der Waals surface area contributed by atoms with Gasteiger partial charge in [-0.05, 0) is 24.6 Å². The highest BCUT2D eigenvalue weighted by atomic mass is 19.1. The van der Waals surface area contributed by atoms with Gasteiger partial charge in [-0.1, -0.05) is 13.8 Å². The number of amides is 1. The predicted octanol–water partition coefficient (Wildman–Crippen LogP) is 2.07. The van der Waals surface area contributed by atoms with Crippen molar-refractivity contribution in [1.82, 2.24) is 20.1 Å². The lowest BCUT2D eigenvalue weighted by Gasteiger charge is -2.26. The topological polar surface area (TPSA) is 86.1 Å². The van der Waals surface area contributed by atoms with Crippen LogP contribution in [0.4, 0.5) is 4.39 Å². The molecule has 3 rings (SSSR count). The van der Waals surface area contributed by atoms with Crippen LogP contribution in [0.2, 0.25) is 0 Å². The van der Waals surface area contributed by atoms with Crippen molar-refractivity contribution in [2.24, 2.45) is 0 Å². The van der Waals surface area contributed by atoms with Gasteiger partial charge >= 0.3 is 5.97 Å². The number of aromatic nitrogens is 3. The number of halogens is 1. The van der Waals surface area contributed by atoms with Crippen molar-refractivity contribution < 1.29 is 18.7 Å². The largest absolute Gasteiger partial charge is 0.465 e. The van der Waals surface area contributed by atoms with Crippen LogP contribution >= 0.6 is 0 Å². The first-order chi connectivity index (χ1) is 12.4. The zero-order valence-corrected chi connectivity index (χ0v) is 15.0. The molecule has 1 amide bonds. The Hall–Kier alpha value is -2.77. The average Bonchev–Trinajstić information content (AvgIpc) is 3.03. The normalized spacial score (nSPS) is 16.3. The van der Waals surface area contributed by atoms with Gasteiger partial charge in [0.05, 0.1) is 12.7 Å². The molecule has 1 atom stereocenters. The second-order valence-corrected chi connectivity index (χ2v) is 6.67. The third kappa shape index (κ3) is 3.58. The molecule has 138 valence electrons. The van der Waals surface area contributed by atoms with Crippen LogP contribution in [0.15, 0.2) is 18.2 Å². The van der Waals surface area contributed by atoms with Crippen molar-refractivity contribution in [2.75, 3.05) is 7.11 Å². The number of hydrogen-bond donors (Lipinski definition) is 1. The summed E-state index contributed by atoms with van der Waals surface area (Å²) in [5.41, 5.74) is 0.0912. The average molecular weight is 360 g/mol. The Morgan fingerprint density at radius 2 is 2.00 bits per heavy atom. The molecule has 0 bridgehead atoms. The van der Waals surface area contributed by atoms with E-state index in [1.54, 1.807) is 0 Å². The monoisotopic (exact) mass is 360 g/mol. The van der Waals surface area contributed by atoms with Crippen molar-refractivity contribution in [3.8, 4) is 0 Å². The third-order valence-corrected chi connectivity index (χ3v) is 4.41. The molecule has 0 spiro atoms. The molecule has 7 nitrogen and oxygen atoms in total. The summed E-state index contributed by atoms with van der Waals surface area (Å²) >= 11 is 0. The van der Waals surface area contributed by atoms with E-state index in [1.807, 2.05) is 18.4 Å². The van der Waals surface area contributed by atoms with Crippen LogP contribution in [0.5, 0.6) is 0 Å². The fraction of sp³-hybridized carbons (Fsp3) is 0.444. The Bertz CT molecular complexity index is 847. The van der Waals surface area contributed by atoms with E-state index in [1.165, 1.54) is 13.2 Å². The van der Waals surface area contributed by atoms with E-state index in [9.17, 15) is 14.0 Å². The molecule has 0 aliphatic carbocycles. The molecule has 1 aliphatic heterocycles. The fourth-order valence-corrected chi connectivity index (χ4v) is 3.12. The number of aryl methyl sites for hydroxylation is 1. The van der Waals surface area contributed by atoms with Gasteiger partial charge in [-0.3, -0.25) is 4.79 Å². The van der Waals surface area contributed by atoms with Gasteiger partial charge in [-0.15, -0.1) is 10.2 Å². The quantitative estimate of drug-likeness (QED) is 0.844. The molecule has 0 saturated heterocycles. The molecule has 1 aromatic heterocycles. The molecule has 2 aromatic rings. The van der Waals surface area contributed by atoms with Gasteiger partial charge in [0.2, 0.25) is 0 Å². The van der Waals surface area contributed by atoms with E-state index < -0.39 is 17.7 Å². The Kier molecular flexibility index (Phi) is 5.01. The van der Waals surface area contributed by atoms with Crippen LogP contribution in [0.3, 0.4) is 0 Å². The first-order valence-corrected chi connectivity index (χ1v) is 8.50. The van der Waals surface area contributed by atoms with E-state index in [0.29, 0.717) is 13.0 Å². The second kappa shape index (κ2) is 7.23. The highest BCUT2D eigenvalue weighted by Crippen LogP contribution is 2.20. The summed E-state index contributed by atoms with van der Waals surface area (Å²) in [4.78, 5) is 24.1. The maximum absolute atomic E-state index is 13.8. The second-order valence-electron chi connectivity index (χ2n) is 6.67. The molecule has 1 aliphatic rings. The lowest BCUT2D eigenvalue weighted by molar-refractivity contribution is 0.0600. The SMILES string of the molecule is COC(=O)c1cc(F)cc(C(=O)NC2CCc3nnc(C(C)C)n3C2)c1. The van der Waals surface area contributed by atoms with Crippen molar-refractivity contribution in [3.63, 3.8) is 0 Å². The van der Waals surface area contributed by atoms with Crippen molar-refractivity contribution in [1.29, 1.82) is 0 Å². The maximum Gasteiger partial charge on any atom is 0.337 e. The van der Waals surface area contributed by atoms with Crippen molar-refractivity contribution in [2.45, 2.75) is 45.2 Å². The summed E-state index contributed by atoms with van der Waals surface area (Å²) in [5.74, 6) is 0.256. The molecular weight excluding hydrogens is 339 g/mol. The molecule has 26 heavy (non-hydrogen) atoms. The fourth-order valence-electron chi connectivity index (χ4n) is 3.12. The number of esters is 1. The summed E-state index contributed by atoms with van der Waals surface area (Å²) < 4.78 is 20.4. The predicted molar refractivity (Wildman–Crippen MR) is 91.4 cm³/mol. The number of methoxy groups -OCH3 is 1. The Morgan fingerprint density at radius 1 is 1.27 bits per heavy atom. The summed E-state index contributed by atoms with van der Waals surface area (Å²) in [6, 6.07) is 3.36. The molecule has 2 heterocycles. The Labute approximate surface area is 150 Å². The number of hydrogen-bond acceptors (Lipinski definition) is 5. The Balaban J connectivity index is 1.76. The van der Waals surface area contributed by atoms with Crippen LogP contribution in [0, 0.1) is 5.82 Å². The van der Waals surface area contributed by atoms with E-state index >= 15 is 0 Å². The summed E-state index contributed by atoms with van der Waals surface area (Å²) in [6.07, 6.45) is 1.43. The maximum atomic E-state index is 13.8.